The van der Waals surface area contributed by atoms with Gasteiger partial charge in [-0.3, -0.25) is 0 Å². The fourth-order valence-electron chi connectivity index (χ4n) is 2.37. The van der Waals surface area contributed by atoms with Crippen molar-refractivity contribution >= 4 is 34.5 Å². The Morgan fingerprint density at radius 3 is 2.43 bits per heavy atom. The number of benzene rings is 1. The third-order valence-electron chi connectivity index (χ3n) is 3.45. The molecule has 0 fully saturated rings. The molecule has 0 saturated heterocycles. The van der Waals surface area contributed by atoms with Crippen molar-refractivity contribution in [2.45, 2.75) is 13.0 Å². The molecule has 1 aromatic carbocycles. The van der Waals surface area contributed by atoms with E-state index in [1.807, 2.05) is 31.5 Å². The molecule has 3 rings (SSSR count). The first-order valence-electron chi connectivity index (χ1n) is 6.61. The van der Waals surface area contributed by atoms with Gasteiger partial charge in [0.2, 0.25) is 0 Å². The van der Waals surface area contributed by atoms with Gasteiger partial charge in [0, 0.05) is 16.0 Å². The Bertz CT molecular complexity index is 672. The van der Waals surface area contributed by atoms with Crippen molar-refractivity contribution in [3.05, 3.63) is 43.6 Å². The maximum atomic E-state index is 6.43. The number of nitrogens with one attached hydrogen (secondary N) is 1. The van der Waals surface area contributed by atoms with Crippen LogP contribution >= 0.6 is 34.5 Å². The lowest BCUT2D eigenvalue weighted by molar-refractivity contribution is 0.171. The maximum absolute atomic E-state index is 6.43. The minimum atomic E-state index is -0.0699. The van der Waals surface area contributed by atoms with E-state index >= 15 is 0 Å². The summed E-state index contributed by atoms with van der Waals surface area (Å²) in [6.45, 7) is 3.10. The van der Waals surface area contributed by atoms with Crippen LogP contribution in [0.5, 0.6) is 11.5 Å². The lowest BCUT2D eigenvalue weighted by Crippen LogP contribution is -2.19. The van der Waals surface area contributed by atoms with E-state index in [-0.39, 0.29) is 6.04 Å². The first-order chi connectivity index (χ1) is 10.1. The number of rotatable bonds is 3. The van der Waals surface area contributed by atoms with Crippen molar-refractivity contribution in [2.75, 3.05) is 20.3 Å². The standard InChI is InChI=1S/C15H15Cl2NO2S/c1-8-7-21-15(13(8)17)14(18-2)9-5-11-12(6-10(9)16)20-4-3-19-11/h5-7,14,18H,3-4H2,1-2H3. The van der Waals surface area contributed by atoms with Gasteiger partial charge >= 0.3 is 0 Å². The molecule has 1 aliphatic heterocycles. The fraction of sp³-hybridized carbons (Fsp3) is 0.333. The zero-order chi connectivity index (χ0) is 15.0. The summed E-state index contributed by atoms with van der Waals surface area (Å²) in [7, 11) is 1.89. The first kappa shape index (κ1) is 15.0. The van der Waals surface area contributed by atoms with Crippen LogP contribution in [0.15, 0.2) is 17.5 Å². The Hall–Kier alpha value is -0.940. The highest BCUT2D eigenvalue weighted by Gasteiger charge is 2.24. The summed E-state index contributed by atoms with van der Waals surface area (Å²) in [5.41, 5.74) is 2.01. The molecule has 0 saturated carbocycles. The van der Waals surface area contributed by atoms with Crippen LogP contribution in [-0.2, 0) is 0 Å². The van der Waals surface area contributed by atoms with Gasteiger partial charge in [-0.1, -0.05) is 23.2 Å². The van der Waals surface area contributed by atoms with Crippen molar-refractivity contribution < 1.29 is 9.47 Å². The monoisotopic (exact) mass is 343 g/mol. The molecule has 1 atom stereocenters. The van der Waals surface area contributed by atoms with Crippen molar-refractivity contribution in [3.8, 4) is 11.5 Å². The van der Waals surface area contributed by atoms with Crippen molar-refractivity contribution in [3.63, 3.8) is 0 Å². The van der Waals surface area contributed by atoms with E-state index in [9.17, 15) is 0 Å². The zero-order valence-corrected chi connectivity index (χ0v) is 14.0. The fourth-order valence-corrected chi connectivity index (χ4v) is 4.06. The molecule has 1 N–H and O–H groups in total. The minimum absolute atomic E-state index is 0.0699. The summed E-state index contributed by atoms with van der Waals surface area (Å²) in [6, 6.07) is 3.67. The third kappa shape index (κ3) is 2.73. The highest BCUT2D eigenvalue weighted by atomic mass is 35.5. The summed E-state index contributed by atoms with van der Waals surface area (Å²) >= 11 is 14.5. The highest BCUT2D eigenvalue weighted by molar-refractivity contribution is 7.10. The van der Waals surface area contributed by atoms with E-state index < -0.39 is 0 Å². The molecular formula is C15H15Cl2NO2S. The third-order valence-corrected chi connectivity index (χ3v) is 5.55. The van der Waals surface area contributed by atoms with Crippen molar-refractivity contribution in [1.29, 1.82) is 0 Å². The molecule has 2 aromatic rings. The van der Waals surface area contributed by atoms with Gasteiger partial charge in [-0.05, 0) is 36.5 Å². The number of hydrogen-bond acceptors (Lipinski definition) is 4. The molecule has 0 radical (unpaired) electrons. The van der Waals surface area contributed by atoms with E-state index in [0.717, 1.165) is 26.8 Å². The predicted molar refractivity (Wildman–Crippen MR) is 87.4 cm³/mol. The van der Waals surface area contributed by atoms with E-state index in [4.69, 9.17) is 32.7 Å². The van der Waals surface area contributed by atoms with Gasteiger partial charge in [-0.25, -0.2) is 0 Å². The summed E-state index contributed by atoms with van der Waals surface area (Å²) in [5, 5.41) is 6.75. The molecule has 1 aromatic heterocycles. The predicted octanol–water partition coefficient (Wildman–Crippen LogP) is 4.44. The van der Waals surface area contributed by atoms with Crippen molar-refractivity contribution in [1.82, 2.24) is 5.32 Å². The highest BCUT2D eigenvalue weighted by Crippen LogP contribution is 2.42. The molecule has 1 aliphatic rings. The van der Waals surface area contributed by atoms with E-state index in [1.54, 1.807) is 11.3 Å². The molecular weight excluding hydrogens is 329 g/mol. The van der Waals surface area contributed by atoms with Gasteiger partial charge in [0.05, 0.1) is 11.1 Å². The van der Waals surface area contributed by atoms with Crippen LogP contribution in [0.1, 0.15) is 22.0 Å². The lowest BCUT2D eigenvalue weighted by atomic mass is 10.0. The Kier molecular flexibility index (Phi) is 4.31. The van der Waals surface area contributed by atoms with Gasteiger partial charge in [-0.15, -0.1) is 11.3 Å². The number of hydrogen-bond donors (Lipinski definition) is 1. The van der Waals surface area contributed by atoms with Crippen LogP contribution in [0.3, 0.4) is 0 Å². The smallest absolute Gasteiger partial charge is 0.162 e. The van der Waals surface area contributed by atoms with E-state index in [2.05, 4.69) is 5.32 Å². The molecule has 3 nitrogen and oxygen atoms in total. The zero-order valence-electron chi connectivity index (χ0n) is 11.7. The van der Waals surface area contributed by atoms with E-state index in [0.29, 0.717) is 24.0 Å². The van der Waals surface area contributed by atoms with Crippen LogP contribution < -0.4 is 14.8 Å². The lowest BCUT2D eigenvalue weighted by Gasteiger charge is -2.23. The summed E-state index contributed by atoms with van der Waals surface area (Å²) in [5.74, 6) is 1.42. The Morgan fingerprint density at radius 2 is 1.86 bits per heavy atom. The molecule has 6 heteroatoms. The van der Waals surface area contributed by atoms with Gasteiger partial charge in [-0.2, -0.15) is 0 Å². The molecule has 0 aliphatic carbocycles. The number of thiophene rings is 1. The summed E-state index contributed by atoms with van der Waals surface area (Å²) in [4.78, 5) is 1.05. The maximum Gasteiger partial charge on any atom is 0.162 e. The Balaban J connectivity index is 2.07. The molecule has 0 amide bonds. The van der Waals surface area contributed by atoms with Crippen LogP contribution in [0.2, 0.25) is 10.0 Å². The largest absolute Gasteiger partial charge is 0.486 e. The van der Waals surface area contributed by atoms with Crippen LogP contribution in [0, 0.1) is 6.92 Å². The SMILES string of the molecule is CNC(c1cc2c(cc1Cl)OCCO2)c1scc(C)c1Cl. The van der Waals surface area contributed by atoms with Gasteiger partial charge in [0.25, 0.3) is 0 Å². The Labute approximate surface area is 137 Å². The Morgan fingerprint density at radius 1 is 1.19 bits per heavy atom. The summed E-state index contributed by atoms with van der Waals surface area (Å²) in [6.07, 6.45) is 0. The normalized spacial score (nSPS) is 15.0. The van der Waals surface area contributed by atoms with Gasteiger partial charge in [0.1, 0.15) is 13.2 Å². The average molecular weight is 344 g/mol. The molecule has 1 unspecified atom stereocenters. The topological polar surface area (TPSA) is 30.5 Å². The number of fused-ring (bicyclic) bond motifs is 1. The number of ether oxygens (including phenoxy) is 2. The second-order valence-corrected chi connectivity index (χ2v) is 6.53. The second-order valence-electron chi connectivity index (χ2n) is 4.84. The molecule has 21 heavy (non-hydrogen) atoms. The molecule has 0 bridgehead atoms. The number of halogens is 2. The van der Waals surface area contributed by atoms with Crippen molar-refractivity contribution in [2.24, 2.45) is 0 Å². The second kappa shape index (κ2) is 6.05. The molecule has 112 valence electrons. The quantitative estimate of drug-likeness (QED) is 0.893. The van der Waals surface area contributed by atoms with Crippen LogP contribution in [0.4, 0.5) is 0 Å². The molecule has 0 spiro atoms. The first-order valence-corrected chi connectivity index (χ1v) is 8.25. The van der Waals surface area contributed by atoms with Crippen LogP contribution in [0.25, 0.3) is 0 Å². The van der Waals surface area contributed by atoms with E-state index in [1.165, 1.54) is 0 Å². The van der Waals surface area contributed by atoms with Crippen LogP contribution in [-0.4, -0.2) is 20.3 Å². The van der Waals surface area contributed by atoms with Gasteiger partial charge in [0.15, 0.2) is 11.5 Å². The molecule has 2 heterocycles. The van der Waals surface area contributed by atoms with Gasteiger partial charge < -0.3 is 14.8 Å². The minimum Gasteiger partial charge on any atom is -0.486 e. The average Bonchev–Trinajstić information content (AvgIpc) is 2.81. The number of aryl methyl sites for hydroxylation is 1. The summed E-state index contributed by atoms with van der Waals surface area (Å²) < 4.78 is 11.2.